The largest absolute Gasteiger partial charge is 0.496 e. The van der Waals surface area contributed by atoms with E-state index in [1.165, 1.54) is 4.90 Å². The minimum atomic E-state index is -0.930. The predicted octanol–water partition coefficient (Wildman–Crippen LogP) is 7.45. The number of fused-ring (bicyclic) bond motifs is 1. The van der Waals surface area contributed by atoms with Gasteiger partial charge in [0.1, 0.15) is 11.6 Å². The molecule has 1 N–H and O–H groups in total. The molecular formula is C34H30ClN3O4. The Morgan fingerprint density at radius 1 is 0.952 bits per heavy atom. The molecule has 0 aliphatic carbocycles. The van der Waals surface area contributed by atoms with Crippen LogP contribution in [-0.2, 0) is 6.54 Å². The van der Waals surface area contributed by atoms with Gasteiger partial charge in [-0.25, -0.2) is 9.78 Å². The molecule has 0 radical (unpaired) electrons. The number of ether oxygens (including phenoxy) is 1. The van der Waals surface area contributed by atoms with Gasteiger partial charge in [0.25, 0.3) is 5.56 Å². The van der Waals surface area contributed by atoms with Crippen molar-refractivity contribution in [2.24, 2.45) is 5.92 Å². The number of carbonyl (C=O) groups is 1. The molecule has 2 heterocycles. The van der Waals surface area contributed by atoms with Gasteiger partial charge in [0.15, 0.2) is 0 Å². The molecule has 1 aliphatic heterocycles. The van der Waals surface area contributed by atoms with Gasteiger partial charge in [-0.2, -0.15) is 0 Å². The zero-order valence-electron chi connectivity index (χ0n) is 23.2. The normalized spacial score (nSPS) is 15.1. The highest BCUT2D eigenvalue weighted by Gasteiger charge is 2.26. The average Bonchev–Trinajstić information content (AvgIpc) is 3.03. The van der Waals surface area contributed by atoms with Crippen LogP contribution in [0.4, 0.5) is 4.79 Å². The first-order valence-electron chi connectivity index (χ1n) is 13.9. The number of aromatic nitrogens is 2. The number of methoxy groups -OCH3 is 1. The number of piperidine rings is 1. The van der Waals surface area contributed by atoms with Gasteiger partial charge >= 0.3 is 6.09 Å². The Labute approximate surface area is 248 Å². The van der Waals surface area contributed by atoms with Gasteiger partial charge in [-0.15, -0.1) is 0 Å². The Hall–Kier alpha value is -4.62. The van der Waals surface area contributed by atoms with Crippen LogP contribution in [-0.4, -0.2) is 45.9 Å². The highest BCUT2D eigenvalue weighted by atomic mass is 35.5. The standard InChI is InChI=1S/C34H30ClN3O4/c1-42-31-7-3-2-6-28(31)32-36-30-17-14-26(25-10-8-23(9-11-25)24-12-15-27(35)16-13-24)19-29(30)33(39)38(32)21-22-5-4-18-37(20-22)34(40)41/h2-3,6-17,19,22H,4-5,18,20-21H2,1H3,(H,40,41)/t22-/m1/s1. The second kappa shape index (κ2) is 11.7. The van der Waals surface area contributed by atoms with E-state index in [1.54, 1.807) is 11.7 Å². The van der Waals surface area contributed by atoms with E-state index in [1.807, 2.05) is 78.9 Å². The van der Waals surface area contributed by atoms with Gasteiger partial charge in [-0.3, -0.25) is 9.36 Å². The number of likely N-dealkylation sites (tertiary alicyclic amines) is 1. The molecule has 1 amide bonds. The molecule has 1 aliphatic rings. The summed E-state index contributed by atoms with van der Waals surface area (Å²) in [6, 6.07) is 29.2. The minimum Gasteiger partial charge on any atom is -0.496 e. The van der Waals surface area contributed by atoms with Gasteiger partial charge in [-0.1, -0.05) is 66.2 Å². The van der Waals surface area contributed by atoms with Crippen molar-refractivity contribution in [1.82, 2.24) is 14.5 Å². The number of hydrogen-bond acceptors (Lipinski definition) is 4. The molecule has 42 heavy (non-hydrogen) atoms. The molecule has 0 unspecified atom stereocenters. The third-order valence-electron chi connectivity index (χ3n) is 7.93. The number of nitrogens with zero attached hydrogens (tertiary/aromatic N) is 3. The summed E-state index contributed by atoms with van der Waals surface area (Å²) in [4.78, 5) is 32.3. The van der Waals surface area contributed by atoms with Gasteiger partial charge in [0, 0.05) is 24.7 Å². The average molecular weight is 580 g/mol. The van der Waals surface area contributed by atoms with Crippen molar-refractivity contribution in [3.63, 3.8) is 0 Å². The fraction of sp³-hybridized carbons (Fsp3) is 0.206. The van der Waals surface area contributed by atoms with E-state index >= 15 is 0 Å². The van der Waals surface area contributed by atoms with E-state index in [0.29, 0.717) is 52.7 Å². The highest BCUT2D eigenvalue weighted by Crippen LogP contribution is 2.32. The van der Waals surface area contributed by atoms with Crippen molar-refractivity contribution in [3.8, 4) is 39.4 Å². The number of rotatable bonds is 6. The molecule has 0 spiro atoms. The van der Waals surface area contributed by atoms with E-state index in [0.717, 1.165) is 35.1 Å². The lowest BCUT2D eigenvalue weighted by atomic mass is 9.97. The molecule has 1 fully saturated rings. The van der Waals surface area contributed by atoms with Crippen LogP contribution < -0.4 is 10.3 Å². The number of hydrogen-bond donors (Lipinski definition) is 1. The lowest BCUT2D eigenvalue weighted by Crippen LogP contribution is -2.41. The van der Waals surface area contributed by atoms with Crippen LogP contribution >= 0.6 is 11.6 Å². The van der Waals surface area contributed by atoms with E-state index in [2.05, 4.69) is 12.1 Å². The van der Waals surface area contributed by atoms with Crippen molar-refractivity contribution < 1.29 is 14.6 Å². The summed E-state index contributed by atoms with van der Waals surface area (Å²) in [5, 5.41) is 10.8. The summed E-state index contributed by atoms with van der Waals surface area (Å²) in [6.07, 6.45) is 0.660. The number of benzene rings is 4. The van der Waals surface area contributed by atoms with Crippen molar-refractivity contribution in [2.75, 3.05) is 20.2 Å². The van der Waals surface area contributed by atoms with Gasteiger partial charge in [0.2, 0.25) is 0 Å². The Balaban J connectivity index is 1.43. The first-order chi connectivity index (χ1) is 20.4. The summed E-state index contributed by atoms with van der Waals surface area (Å²) >= 11 is 6.04. The molecule has 1 aromatic heterocycles. The number of halogens is 1. The topological polar surface area (TPSA) is 84.7 Å². The molecular weight excluding hydrogens is 550 g/mol. The fourth-order valence-electron chi connectivity index (χ4n) is 5.75. The quantitative estimate of drug-likeness (QED) is 0.226. The minimum absolute atomic E-state index is 0.0103. The Bertz CT molecular complexity index is 1820. The predicted molar refractivity (Wildman–Crippen MR) is 166 cm³/mol. The molecule has 6 rings (SSSR count). The van der Waals surface area contributed by atoms with Crippen molar-refractivity contribution in [2.45, 2.75) is 19.4 Å². The van der Waals surface area contributed by atoms with E-state index in [9.17, 15) is 14.7 Å². The Morgan fingerprint density at radius 2 is 1.60 bits per heavy atom. The van der Waals surface area contributed by atoms with Crippen LogP contribution in [0.15, 0.2) is 95.8 Å². The van der Waals surface area contributed by atoms with Crippen LogP contribution in [0.1, 0.15) is 12.8 Å². The lowest BCUT2D eigenvalue weighted by molar-refractivity contribution is 0.116. The maximum absolute atomic E-state index is 14.2. The van der Waals surface area contributed by atoms with Crippen molar-refractivity contribution in [3.05, 3.63) is 106 Å². The molecule has 0 bridgehead atoms. The second-order valence-corrected chi connectivity index (χ2v) is 11.0. The van der Waals surface area contributed by atoms with E-state index in [-0.39, 0.29) is 11.5 Å². The molecule has 1 saturated heterocycles. The first kappa shape index (κ1) is 27.5. The van der Waals surface area contributed by atoms with Gasteiger partial charge in [-0.05, 0) is 77.4 Å². The maximum Gasteiger partial charge on any atom is 0.407 e. The van der Waals surface area contributed by atoms with Crippen LogP contribution in [0.25, 0.3) is 44.5 Å². The monoisotopic (exact) mass is 579 g/mol. The zero-order chi connectivity index (χ0) is 29.2. The molecule has 0 saturated carbocycles. The summed E-state index contributed by atoms with van der Waals surface area (Å²) < 4.78 is 7.32. The van der Waals surface area contributed by atoms with Crippen molar-refractivity contribution in [1.29, 1.82) is 0 Å². The van der Waals surface area contributed by atoms with Crippen molar-refractivity contribution >= 4 is 28.6 Å². The summed E-state index contributed by atoms with van der Waals surface area (Å²) in [5.74, 6) is 1.12. The molecule has 1 atom stereocenters. The number of para-hydroxylation sites is 1. The van der Waals surface area contributed by atoms with Crippen LogP contribution in [0.2, 0.25) is 5.02 Å². The zero-order valence-corrected chi connectivity index (χ0v) is 23.9. The van der Waals surface area contributed by atoms with Gasteiger partial charge in [0.05, 0.1) is 23.6 Å². The fourth-order valence-corrected chi connectivity index (χ4v) is 5.87. The number of carboxylic acid groups (broad SMARTS) is 1. The van der Waals surface area contributed by atoms with Gasteiger partial charge < -0.3 is 14.7 Å². The number of amides is 1. The lowest BCUT2D eigenvalue weighted by Gasteiger charge is -2.31. The summed E-state index contributed by atoms with van der Waals surface area (Å²) in [5.41, 5.74) is 5.19. The third kappa shape index (κ3) is 5.48. The first-order valence-corrected chi connectivity index (χ1v) is 14.3. The Morgan fingerprint density at radius 3 is 2.29 bits per heavy atom. The molecule has 5 aromatic rings. The molecule has 212 valence electrons. The second-order valence-electron chi connectivity index (χ2n) is 10.6. The molecule has 8 heteroatoms. The third-order valence-corrected chi connectivity index (χ3v) is 8.18. The Kier molecular flexibility index (Phi) is 7.68. The summed E-state index contributed by atoms with van der Waals surface area (Å²) in [7, 11) is 1.60. The van der Waals surface area contributed by atoms with E-state index in [4.69, 9.17) is 21.3 Å². The van der Waals surface area contributed by atoms with E-state index < -0.39 is 6.09 Å². The van der Waals surface area contributed by atoms with Crippen LogP contribution in [0.5, 0.6) is 5.75 Å². The molecule has 4 aromatic carbocycles. The maximum atomic E-state index is 14.2. The SMILES string of the molecule is COc1ccccc1-c1nc2ccc(-c3ccc(-c4ccc(Cl)cc4)cc3)cc2c(=O)n1C[C@@H]1CCCN(C(=O)O)C1. The smallest absolute Gasteiger partial charge is 0.407 e. The highest BCUT2D eigenvalue weighted by molar-refractivity contribution is 6.30. The molecule has 7 nitrogen and oxygen atoms in total. The van der Waals surface area contributed by atoms with Crippen LogP contribution in [0.3, 0.4) is 0 Å². The van der Waals surface area contributed by atoms with Crippen LogP contribution in [0, 0.1) is 5.92 Å². The summed E-state index contributed by atoms with van der Waals surface area (Å²) in [6.45, 7) is 1.25.